The second-order valence-electron chi connectivity index (χ2n) is 5.69. The standard InChI is InChI=1S/C17H20N4O4/c1-2-21-13-6-4-3-5-12(13)16(23)15(19-21)17(24)18-11-14(22)20-7-9-25-10-8-20/h3-6H,2,7-11H2,1H3,(H,18,24). The van der Waals surface area contributed by atoms with Crippen LogP contribution in [-0.2, 0) is 16.1 Å². The molecule has 2 amide bonds. The summed E-state index contributed by atoms with van der Waals surface area (Å²) < 4.78 is 6.80. The maximum atomic E-state index is 12.5. The Bertz CT molecular complexity index is 855. The molecule has 0 bridgehead atoms. The summed E-state index contributed by atoms with van der Waals surface area (Å²) in [4.78, 5) is 38.7. The fraction of sp³-hybridized carbons (Fsp3) is 0.412. The summed E-state index contributed by atoms with van der Waals surface area (Å²) >= 11 is 0. The molecule has 2 heterocycles. The summed E-state index contributed by atoms with van der Waals surface area (Å²) in [7, 11) is 0. The van der Waals surface area contributed by atoms with E-state index in [2.05, 4.69) is 10.4 Å². The van der Waals surface area contributed by atoms with Gasteiger partial charge in [0.2, 0.25) is 11.3 Å². The number of fused-ring (bicyclic) bond motifs is 1. The molecule has 0 saturated carbocycles. The third-order valence-electron chi connectivity index (χ3n) is 4.14. The van der Waals surface area contributed by atoms with Crippen LogP contribution in [0.15, 0.2) is 29.1 Å². The highest BCUT2D eigenvalue weighted by Crippen LogP contribution is 2.09. The van der Waals surface area contributed by atoms with Gasteiger partial charge in [-0.25, -0.2) is 0 Å². The predicted octanol–water partition coefficient (Wildman–Crippen LogP) is 0.00500. The van der Waals surface area contributed by atoms with Gasteiger partial charge in [0.1, 0.15) is 0 Å². The molecule has 132 valence electrons. The van der Waals surface area contributed by atoms with E-state index in [0.29, 0.717) is 43.8 Å². The fourth-order valence-electron chi connectivity index (χ4n) is 2.79. The van der Waals surface area contributed by atoms with Crippen molar-refractivity contribution in [2.45, 2.75) is 13.5 Å². The van der Waals surface area contributed by atoms with Gasteiger partial charge in [-0.05, 0) is 19.1 Å². The number of aromatic nitrogens is 2. The highest BCUT2D eigenvalue weighted by molar-refractivity contribution is 5.97. The Morgan fingerprint density at radius 2 is 1.96 bits per heavy atom. The highest BCUT2D eigenvalue weighted by Gasteiger charge is 2.20. The summed E-state index contributed by atoms with van der Waals surface area (Å²) in [6.07, 6.45) is 0. The topological polar surface area (TPSA) is 93.5 Å². The van der Waals surface area contributed by atoms with Crippen molar-refractivity contribution in [1.29, 1.82) is 0 Å². The van der Waals surface area contributed by atoms with Crippen LogP contribution in [0.3, 0.4) is 0 Å². The van der Waals surface area contributed by atoms with E-state index in [1.54, 1.807) is 27.8 Å². The first-order chi connectivity index (χ1) is 12.1. The minimum Gasteiger partial charge on any atom is -0.378 e. The first kappa shape index (κ1) is 17.1. The molecule has 1 N–H and O–H groups in total. The number of para-hydroxylation sites is 1. The lowest BCUT2D eigenvalue weighted by Gasteiger charge is -2.26. The van der Waals surface area contributed by atoms with E-state index in [0.717, 1.165) is 0 Å². The summed E-state index contributed by atoms with van der Waals surface area (Å²) in [6, 6.07) is 7.02. The van der Waals surface area contributed by atoms with Gasteiger partial charge in [0, 0.05) is 25.0 Å². The second kappa shape index (κ2) is 7.43. The lowest BCUT2D eigenvalue weighted by atomic mass is 10.2. The van der Waals surface area contributed by atoms with Crippen molar-refractivity contribution in [3.05, 3.63) is 40.2 Å². The molecule has 8 heteroatoms. The van der Waals surface area contributed by atoms with Crippen LogP contribution in [-0.4, -0.2) is 59.3 Å². The number of rotatable bonds is 4. The average molecular weight is 344 g/mol. The average Bonchev–Trinajstić information content (AvgIpc) is 2.67. The zero-order valence-electron chi connectivity index (χ0n) is 14.0. The van der Waals surface area contributed by atoms with Crippen LogP contribution >= 0.6 is 0 Å². The Morgan fingerprint density at radius 3 is 2.68 bits per heavy atom. The van der Waals surface area contributed by atoms with Crippen molar-refractivity contribution in [3.8, 4) is 0 Å². The Morgan fingerprint density at radius 1 is 1.24 bits per heavy atom. The fourth-order valence-corrected chi connectivity index (χ4v) is 2.79. The van der Waals surface area contributed by atoms with Crippen LogP contribution in [0, 0.1) is 0 Å². The molecule has 3 rings (SSSR count). The van der Waals surface area contributed by atoms with Crippen LogP contribution in [0.1, 0.15) is 17.4 Å². The molecular weight excluding hydrogens is 324 g/mol. The zero-order valence-corrected chi connectivity index (χ0v) is 14.0. The molecule has 1 aliphatic heterocycles. The molecule has 25 heavy (non-hydrogen) atoms. The third kappa shape index (κ3) is 3.53. The number of benzene rings is 1. The van der Waals surface area contributed by atoms with Crippen LogP contribution in [0.2, 0.25) is 0 Å². The van der Waals surface area contributed by atoms with Crippen molar-refractivity contribution in [3.63, 3.8) is 0 Å². The van der Waals surface area contributed by atoms with Crippen molar-refractivity contribution in [2.75, 3.05) is 32.8 Å². The molecule has 1 fully saturated rings. The zero-order chi connectivity index (χ0) is 17.8. The number of hydrogen-bond donors (Lipinski definition) is 1. The van der Waals surface area contributed by atoms with Gasteiger partial charge in [-0.3, -0.25) is 19.1 Å². The summed E-state index contributed by atoms with van der Waals surface area (Å²) in [5, 5.41) is 7.10. The number of carbonyl (C=O) groups excluding carboxylic acids is 2. The summed E-state index contributed by atoms with van der Waals surface area (Å²) in [5.74, 6) is -0.840. The van der Waals surface area contributed by atoms with E-state index in [1.165, 1.54) is 0 Å². The van der Waals surface area contributed by atoms with Crippen LogP contribution in [0.25, 0.3) is 10.9 Å². The normalized spacial score (nSPS) is 14.5. The molecule has 1 aromatic heterocycles. The molecule has 1 saturated heterocycles. The number of ether oxygens (including phenoxy) is 1. The molecule has 0 aliphatic carbocycles. The summed E-state index contributed by atoms with van der Waals surface area (Å²) in [5.41, 5.74) is 0.0443. The van der Waals surface area contributed by atoms with E-state index in [-0.39, 0.29) is 18.1 Å². The van der Waals surface area contributed by atoms with Gasteiger partial charge in [-0.2, -0.15) is 5.10 Å². The molecule has 2 aromatic rings. The van der Waals surface area contributed by atoms with Crippen molar-refractivity contribution >= 4 is 22.7 Å². The van der Waals surface area contributed by atoms with Crippen LogP contribution < -0.4 is 10.7 Å². The van der Waals surface area contributed by atoms with Gasteiger partial charge in [-0.15, -0.1) is 0 Å². The smallest absolute Gasteiger partial charge is 0.276 e. The van der Waals surface area contributed by atoms with E-state index in [9.17, 15) is 14.4 Å². The monoisotopic (exact) mass is 344 g/mol. The number of nitrogens with one attached hydrogen (secondary N) is 1. The number of carbonyl (C=O) groups is 2. The molecule has 0 atom stereocenters. The van der Waals surface area contributed by atoms with Gasteiger partial charge in [0.25, 0.3) is 5.91 Å². The van der Waals surface area contributed by atoms with E-state index < -0.39 is 11.3 Å². The maximum Gasteiger partial charge on any atom is 0.276 e. The molecule has 8 nitrogen and oxygen atoms in total. The number of aryl methyl sites for hydroxylation is 1. The van der Waals surface area contributed by atoms with Crippen molar-refractivity contribution < 1.29 is 14.3 Å². The minimum absolute atomic E-state index is 0.168. The number of morpholine rings is 1. The lowest BCUT2D eigenvalue weighted by molar-refractivity contribution is -0.134. The van der Waals surface area contributed by atoms with Gasteiger partial charge in [-0.1, -0.05) is 12.1 Å². The molecule has 0 unspecified atom stereocenters. The molecule has 0 spiro atoms. The molecule has 0 radical (unpaired) electrons. The Kier molecular flexibility index (Phi) is 5.08. The van der Waals surface area contributed by atoms with Gasteiger partial charge < -0.3 is 15.0 Å². The molecule has 1 aliphatic rings. The molecular formula is C17H20N4O4. The summed E-state index contributed by atoms with van der Waals surface area (Å²) in [6.45, 7) is 4.23. The first-order valence-corrected chi connectivity index (χ1v) is 8.25. The number of hydrogen-bond acceptors (Lipinski definition) is 5. The quantitative estimate of drug-likeness (QED) is 0.843. The lowest BCUT2D eigenvalue weighted by Crippen LogP contribution is -2.46. The molecule has 1 aromatic carbocycles. The predicted molar refractivity (Wildman–Crippen MR) is 91.4 cm³/mol. The highest BCUT2D eigenvalue weighted by atomic mass is 16.5. The van der Waals surface area contributed by atoms with Crippen LogP contribution in [0.4, 0.5) is 0 Å². The number of nitrogens with zero attached hydrogens (tertiary/aromatic N) is 3. The number of amides is 2. The third-order valence-corrected chi connectivity index (χ3v) is 4.14. The largest absolute Gasteiger partial charge is 0.378 e. The van der Waals surface area contributed by atoms with Crippen LogP contribution in [0.5, 0.6) is 0 Å². The second-order valence-corrected chi connectivity index (χ2v) is 5.69. The van der Waals surface area contributed by atoms with Gasteiger partial charge >= 0.3 is 0 Å². The van der Waals surface area contributed by atoms with Gasteiger partial charge in [0.15, 0.2) is 5.69 Å². The van der Waals surface area contributed by atoms with E-state index in [1.807, 2.05) is 13.0 Å². The Hall–Kier alpha value is -2.74. The Balaban J connectivity index is 1.79. The Labute approximate surface area is 144 Å². The van der Waals surface area contributed by atoms with E-state index >= 15 is 0 Å². The minimum atomic E-state index is -0.639. The van der Waals surface area contributed by atoms with Gasteiger partial charge in [0.05, 0.1) is 25.3 Å². The SMILES string of the molecule is CCn1nc(C(=O)NCC(=O)N2CCOCC2)c(=O)c2ccccc21. The first-order valence-electron chi connectivity index (χ1n) is 8.25. The van der Waals surface area contributed by atoms with E-state index in [4.69, 9.17) is 4.74 Å². The van der Waals surface area contributed by atoms with Crippen molar-refractivity contribution in [1.82, 2.24) is 20.0 Å². The van der Waals surface area contributed by atoms with Crippen molar-refractivity contribution in [2.24, 2.45) is 0 Å². The maximum absolute atomic E-state index is 12.5.